The minimum absolute atomic E-state index is 0.331. The molecule has 2 rings (SSSR count). The first-order valence-electron chi connectivity index (χ1n) is 7.13. The molecule has 1 aliphatic rings. The molecule has 1 aliphatic heterocycles. The number of hydrogen-bond acceptors (Lipinski definition) is 2. The zero-order chi connectivity index (χ0) is 13.9. The third-order valence-corrected chi connectivity index (χ3v) is 4.73. The lowest BCUT2D eigenvalue weighted by molar-refractivity contribution is 0.112. The van der Waals surface area contributed by atoms with E-state index in [9.17, 15) is 9.18 Å². The molecule has 0 aromatic heterocycles. The van der Waals surface area contributed by atoms with Crippen molar-refractivity contribution >= 4 is 12.0 Å². The summed E-state index contributed by atoms with van der Waals surface area (Å²) >= 11 is 0. The van der Waals surface area contributed by atoms with Crippen LogP contribution in [0.2, 0.25) is 0 Å². The average molecular weight is 263 g/mol. The van der Waals surface area contributed by atoms with Crippen molar-refractivity contribution in [3.05, 3.63) is 29.6 Å². The van der Waals surface area contributed by atoms with Gasteiger partial charge in [-0.05, 0) is 36.5 Å². The quantitative estimate of drug-likeness (QED) is 0.764. The predicted molar refractivity (Wildman–Crippen MR) is 76.2 cm³/mol. The van der Waals surface area contributed by atoms with Crippen LogP contribution >= 0.6 is 0 Å². The minimum Gasteiger partial charge on any atom is -0.371 e. The summed E-state index contributed by atoms with van der Waals surface area (Å²) in [6.45, 7) is 6.41. The average Bonchev–Trinajstić information content (AvgIpc) is 2.46. The van der Waals surface area contributed by atoms with Gasteiger partial charge in [0.1, 0.15) is 12.1 Å². The smallest absolute Gasteiger partial charge is 0.150 e. The first-order valence-corrected chi connectivity index (χ1v) is 7.13. The van der Waals surface area contributed by atoms with Gasteiger partial charge >= 0.3 is 0 Å². The Morgan fingerprint density at radius 2 is 1.84 bits per heavy atom. The second-order valence-corrected chi connectivity index (χ2v) is 5.55. The number of carbonyl (C=O) groups excluding carboxylic acids is 1. The Morgan fingerprint density at radius 1 is 1.21 bits per heavy atom. The van der Waals surface area contributed by atoms with Gasteiger partial charge in [0.25, 0.3) is 0 Å². The Labute approximate surface area is 114 Å². The van der Waals surface area contributed by atoms with E-state index in [-0.39, 0.29) is 5.82 Å². The molecule has 19 heavy (non-hydrogen) atoms. The van der Waals surface area contributed by atoms with Crippen molar-refractivity contribution in [2.75, 3.05) is 18.0 Å². The number of anilines is 1. The van der Waals surface area contributed by atoms with Gasteiger partial charge in [0, 0.05) is 24.3 Å². The normalized spacial score (nSPS) is 18.4. The van der Waals surface area contributed by atoms with Crippen molar-refractivity contribution in [3.8, 4) is 0 Å². The number of nitrogens with zero attached hydrogens (tertiary/aromatic N) is 1. The van der Waals surface area contributed by atoms with Gasteiger partial charge in [0.2, 0.25) is 0 Å². The molecular weight excluding hydrogens is 241 g/mol. The van der Waals surface area contributed by atoms with Crippen molar-refractivity contribution in [3.63, 3.8) is 0 Å². The van der Waals surface area contributed by atoms with Crippen molar-refractivity contribution < 1.29 is 9.18 Å². The van der Waals surface area contributed by atoms with E-state index in [0.717, 1.165) is 31.6 Å². The van der Waals surface area contributed by atoms with E-state index < -0.39 is 0 Å². The van der Waals surface area contributed by atoms with Gasteiger partial charge in [-0.1, -0.05) is 26.7 Å². The number of halogens is 1. The van der Waals surface area contributed by atoms with Gasteiger partial charge in [-0.3, -0.25) is 4.79 Å². The zero-order valence-corrected chi connectivity index (χ0v) is 11.8. The van der Waals surface area contributed by atoms with Gasteiger partial charge in [-0.2, -0.15) is 0 Å². The van der Waals surface area contributed by atoms with Crippen LogP contribution in [-0.2, 0) is 0 Å². The van der Waals surface area contributed by atoms with Crippen LogP contribution in [0.25, 0.3) is 0 Å². The van der Waals surface area contributed by atoms with E-state index in [4.69, 9.17) is 0 Å². The Kier molecular flexibility index (Phi) is 4.23. The molecule has 104 valence electrons. The summed E-state index contributed by atoms with van der Waals surface area (Å²) in [5, 5.41) is 0. The third-order valence-electron chi connectivity index (χ3n) is 4.73. The number of carbonyl (C=O) groups is 1. The fraction of sp³-hybridized carbons (Fsp3) is 0.562. The number of rotatable bonds is 4. The van der Waals surface area contributed by atoms with Crippen molar-refractivity contribution in [1.82, 2.24) is 0 Å². The van der Waals surface area contributed by atoms with Crippen LogP contribution < -0.4 is 4.90 Å². The minimum atomic E-state index is -0.331. The van der Waals surface area contributed by atoms with Crippen LogP contribution in [0.4, 0.5) is 10.1 Å². The number of piperidine rings is 1. The van der Waals surface area contributed by atoms with Crippen molar-refractivity contribution in [1.29, 1.82) is 0 Å². The highest BCUT2D eigenvalue weighted by Gasteiger charge is 2.31. The summed E-state index contributed by atoms with van der Waals surface area (Å²) in [6, 6.07) is 4.59. The summed E-state index contributed by atoms with van der Waals surface area (Å²) in [7, 11) is 0. The highest BCUT2D eigenvalue weighted by molar-refractivity contribution is 5.77. The fourth-order valence-electron chi connectivity index (χ4n) is 3.04. The lowest BCUT2D eigenvalue weighted by Gasteiger charge is -2.42. The summed E-state index contributed by atoms with van der Waals surface area (Å²) in [5.74, 6) is -0.331. The summed E-state index contributed by atoms with van der Waals surface area (Å²) < 4.78 is 13.5. The molecular formula is C16H22FNO. The lowest BCUT2D eigenvalue weighted by atomic mass is 9.74. The van der Waals surface area contributed by atoms with E-state index in [1.807, 2.05) is 0 Å². The molecule has 0 spiro atoms. The molecule has 1 aromatic rings. The van der Waals surface area contributed by atoms with Crippen LogP contribution in [0.3, 0.4) is 0 Å². The third kappa shape index (κ3) is 2.96. The molecule has 0 radical (unpaired) electrons. The van der Waals surface area contributed by atoms with E-state index in [1.54, 1.807) is 6.07 Å². The second-order valence-electron chi connectivity index (χ2n) is 5.55. The summed E-state index contributed by atoms with van der Waals surface area (Å²) in [5.41, 5.74) is 1.71. The van der Waals surface area contributed by atoms with Gasteiger partial charge in [0.05, 0.1) is 0 Å². The second kappa shape index (κ2) is 5.72. The van der Waals surface area contributed by atoms with E-state index >= 15 is 0 Å². The standard InChI is InChI=1S/C16H22FNO/c1-3-16(4-2)5-7-18(8-6-16)15-10-13(12-19)9-14(17)11-15/h9-12H,3-8H2,1-2H3. The highest BCUT2D eigenvalue weighted by atomic mass is 19.1. The van der Waals surface area contributed by atoms with Crippen molar-refractivity contribution in [2.45, 2.75) is 39.5 Å². The molecule has 0 aliphatic carbocycles. The van der Waals surface area contributed by atoms with Crippen LogP contribution in [-0.4, -0.2) is 19.4 Å². The molecule has 0 saturated carbocycles. The molecule has 1 saturated heterocycles. The lowest BCUT2D eigenvalue weighted by Crippen LogP contribution is -2.39. The maximum atomic E-state index is 13.5. The van der Waals surface area contributed by atoms with Crippen LogP contribution in [0.5, 0.6) is 0 Å². The van der Waals surface area contributed by atoms with E-state index in [2.05, 4.69) is 18.7 Å². The van der Waals surface area contributed by atoms with Crippen LogP contribution in [0.1, 0.15) is 49.9 Å². The maximum absolute atomic E-state index is 13.5. The molecule has 0 atom stereocenters. The largest absolute Gasteiger partial charge is 0.371 e. The van der Waals surface area contributed by atoms with Crippen LogP contribution in [0.15, 0.2) is 18.2 Å². The number of benzene rings is 1. The predicted octanol–water partition coefficient (Wildman–Crippen LogP) is 4.04. The van der Waals surface area contributed by atoms with Crippen LogP contribution in [0, 0.1) is 11.2 Å². The molecule has 0 bridgehead atoms. The van der Waals surface area contributed by atoms with Gasteiger partial charge < -0.3 is 4.90 Å². The molecule has 3 heteroatoms. The zero-order valence-electron chi connectivity index (χ0n) is 11.8. The van der Waals surface area contributed by atoms with Gasteiger partial charge in [-0.15, -0.1) is 0 Å². The Balaban J connectivity index is 2.13. The Morgan fingerprint density at radius 3 is 2.37 bits per heavy atom. The molecule has 2 nitrogen and oxygen atoms in total. The molecule has 0 amide bonds. The Hall–Kier alpha value is -1.38. The topological polar surface area (TPSA) is 20.3 Å². The molecule has 1 heterocycles. The SMILES string of the molecule is CCC1(CC)CCN(c2cc(F)cc(C=O)c2)CC1. The number of hydrogen-bond donors (Lipinski definition) is 0. The Bertz CT molecular complexity index is 444. The number of aldehydes is 1. The van der Waals surface area contributed by atoms with E-state index in [0.29, 0.717) is 17.3 Å². The molecule has 1 fully saturated rings. The van der Waals surface area contributed by atoms with E-state index in [1.165, 1.54) is 25.0 Å². The van der Waals surface area contributed by atoms with Gasteiger partial charge in [-0.25, -0.2) is 4.39 Å². The van der Waals surface area contributed by atoms with Gasteiger partial charge in [0.15, 0.2) is 0 Å². The summed E-state index contributed by atoms with van der Waals surface area (Å²) in [4.78, 5) is 13.0. The maximum Gasteiger partial charge on any atom is 0.150 e. The first-order chi connectivity index (χ1) is 9.12. The molecule has 0 unspecified atom stereocenters. The van der Waals surface area contributed by atoms with Crippen molar-refractivity contribution in [2.24, 2.45) is 5.41 Å². The molecule has 0 N–H and O–H groups in total. The first kappa shape index (κ1) is 14.0. The fourth-order valence-corrected chi connectivity index (χ4v) is 3.04. The summed E-state index contributed by atoms with van der Waals surface area (Å²) in [6.07, 6.45) is 5.42. The monoisotopic (exact) mass is 263 g/mol. The highest BCUT2D eigenvalue weighted by Crippen LogP contribution is 2.39. The molecule has 1 aromatic carbocycles.